The van der Waals surface area contributed by atoms with Gasteiger partial charge in [0.15, 0.2) is 5.11 Å². The smallest absolute Gasteiger partial charge is 0.242 e. The first kappa shape index (κ1) is 19.7. The van der Waals surface area contributed by atoms with Gasteiger partial charge in [-0.1, -0.05) is 6.07 Å². The Balaban J connectivity index is 1.55. The molecule has 0 saturated carbocycles. The first-order chi connectivity index (χ1) is 12.8. The van der Waals surface area contributed by atoms with Gasteiger partial charge in [-0.25, -0.2) is 0 Å². The van der Waals surface area contributed by atoms with E-state index in [4.69, 9.17) is 17.0 Å². The molecule has 0 bridgehead atoms. The summed E-state index contributed by atoms with van der Waals surface area (Å²) >= 11 is 5.50. The minimum absolute atomic E-state index is 0.0155. The van der Waals surface area contributed by atoms with Gasteiger partial charge in [0.1, 0.15) is 5.75 Å². The molecule has 0 spiro atoms. The van der Waals surface area contributed by atoms with Crippen molar-refractivity contribution in [2.45, 2.75) is 38.8 Å². The van der Waals surface area contributed by atoms with Crippen LogP contribution in [0.15, 0.2) is 24.3 Å². The molecule has 1 amide bonds. The van der Waals surface area contributed by atoms with Crippen LogP contribution in [0.3, 0.4) is 0 Å². The number of thiocarbonyl (C=S) groups is 1. The zero-order valence-electron chi connectivity index (χ0n) is 16.7. The predicted molar refractivity (Wildman–Crippen MR) is 112 cm³/mol. The average Bonchev–Trinajstić information content (AvgIpc) is 2.64. The molecule has 148 valence electrons. The summed E-state index contributed by atoms with van der Waals surface area (Å²) in [4.78, 5) is 19.1. The molecule has 3 rings (SSSR count). The summed E-state index contributed by atoms with van der Waals surface area (Å²) in [6.45, 7) is 9.88. The van der Waals surface area contributed by atoms with E-state index in [-0.39, 0.29) is 17.5 Å². The Morgan fingerprint density at radius 3 is 2.63 bits per heavy atom. The molecule has 0 aliphatic carbocycles. The van der Waals surface area contributed by atoms with E-state index >= 15 is 0 Å². The number of carbonyl (C=O) groups is 1. The highest BCUT2D eigenvalue weighted by Crippen LogP contribution is 2.24. The Kier molecular flexibility index (Phi) is 5.79. The quantitative estimate of drug-likeness (QED) is 0.795. The number of methoxy groups -OCH3 is 1. The SMILES string of the molecule is COc1cccc(N2CCN(C(=O)CN3C(=S)NC(C)(C)CC3C)CC2)c1. The van der Waals surface area contributed by atoms with Gasteiger partial charge < -0.3 is 24.8 Å². The van der Waals surface area contributed by atoms with Crippen molar-refractivity contribution in [2.24, 2.45) is 0 Å². The zero-order chi connectivity index (χ0) is 19.6. The van der Waals surface area contributed by atoms with Crippen molar-refractivity contribution in [2.75, 3.05) is 44.7 Å². The lowest BCUT2D eigenvalue weighted by atomic mass is 9.93. The number of piperazine rings is 1. The monoisotopic (exact) mass is 390 g/mol. The maximum absolute atomic E-state index is 12.8. The predicted octanol–water partition coefficient (Wildman–Crippen LogP) is 2.09. The van der Waals surface area contributed by atoms with Gasteiger partial charge in [0.25, 0.3) is 0 Å². The molecular formula is C20H30N4O2S. The second-order valence-corrected chi connectivity index (χ2v) is 8.45. The molecule has 7 heteroatoms. The van der Waals surface area contributed by atoms with Gasteiger partial charge in [0, 0.05) is 49.5 Å². The Bertz CT molecular complexity index is 701. The summed E-state index contributed by atoms with van der Waals surface area (Å²) in [5.74, 6) is 1.00. The second kappa shape index (κ2) is 7.92. The number of hydrogen-bond acceptors (Lipinski definition) is 4. The van der Waals surface area contributed by atoms with Crippen molar-refractivity contribution >= 4 is 28.9 Å². The van der Waals surface area contributed by atoms with Crippen LogP contribution in [0.2, 0.25) is 0 Å². The van der Waals surface area contributed by atoms with Gasteiger partial charge in [0.2, 0.25) is 5.91 Å². The van der Waals surface area contributed by atoms with Gasteiger partial charge >= 0.3 is 0 Å². The van der Waals surface area contributed by atoms with Crippen LogP contribution < -0.4 is 15.0 Å². The van der Waals surface area contributed by atoms with Crippen LogP contribution in [0, 0.1) is 0 Å². The Morgan fingerprint density at radius 2 is 2.00 bits per heavy atom. The summed E-state index contributed by atoms with van der Waals surface area (Å²) in [7, 11) is 1.68. The van der Waals surface area contributed by atoms with Crippen molar-refractivity contribution in [1.82, 2.24) is 15.1 Å². The molecule has 1 N–H and O–H groups in total. The number of nitrogens with zero attached hydrogens (tertiary/aromatic N) is 3. The van der Waals surface area contributed by atoms with E-state index in [9.17, 15) is 4.79 Å². The highest BCUT2D eigenvalue weighted by atomic mass is 32.1. The van der Waals surface area contributed by atoms with Gasteiger partial charge in [-0.3, -0.25) is 4.79 Å². The van der Waals surface area contributed by atoms with Crippen LogP contribution in [0.1, 0.15) is 27.2 Å². The average molecular weight is 391 g/mol. The molecule has 2 aliphatic rings. The fourth-order valence-electron chi connectivity index (χ4n) is 3.96. The van der Waals surface area contributed by atoms with Gasteiger partial charge in [0.05, 0.1) is 13.7 Å². The molecular weight excluding hydrogens is 360 g/mol. The van der Waals surface area contributed by atoms with Crippen molar-refractivity contribution in [3.63, 3.8) is 0 Å². The summed E-state index contributed by atoms with van der Waals surface area (Å²) < 4.78 is 5.31. The Hall–Kier alpha value is -2.02. The first-order valence-electron chi connectivity index (χ1n) is 9.54. The molecule has 2 aliphatic heterocycles. The van der Waals surface area contributed by atoms with E-state index in [2.05, 4.69) is 37.1 Å². The Morgan fingerprint density at radius 1 is 1.30 bits per heavy atom. The fraction of sp³-hybridized carbons (Fsp3) is 0.600. The molecule has 0 aromatic heterocycles. The van der Waals surface area contributed by atoms with Crippen LogP contribution in [0.25, 0.3) is 0 Å². The van der Waals surface area contributed by atoms with E-state index in [1.54, 1.807) is 7.11 Å². The lowest BCUT2D eigenvalue weighted by Gasteiger charge is -2.45. The highest BCUT2D eigenvalue weighted by molar-refractivity contribution is 7.80. The topological polar surface area (TPSA) is 48.1 Å². The third kappa shape index (κ3) is 4.64. The minimum Gasteiger partial charge on any atom is -0.497 e. The summed E-state index contributed by atoms with van der Waals surface area (Å²) in [6.07, 6.45) is 0.962. The molecule has 2 saturated heterocycles. The molecule has 27 heavy (non-hydrogen) atoms. The maximum Gasteiger partial charge on any atom is 0.242 e. The number of rotatable bonds is 4. The molecule has 1 unspecified atom stereocenters. The summed E-state index contributed by atoms with van der Waals surface area (Å²) in [6, 6.07) is 8.33. The molecule has 1 aromatic rings. The van der Waals surface area contributed by atoms with Crippen LogP contribution in [-0.4, -0.2) is 72.2 Å². The number of carbonyl (C=O) groups excluding carboxylic acids is 1. The Labute approximate surface area is 167 Å². The zero-order valence-corrected chi connectivity index (χ0v) is 17.5. The van der Waals surface area contributed by atoms with Crippen molar-refractivity contribution in [3.8, 4) is 5.75 Å². The number of anilines is 1. The van der Waals surface area contributed by atoms with Crippen molar-refractivity contribution in [3.05, 3.63) is 24.3 Å². The normalized spacial score (nSPS) is 22.4. The molecule has 0 radical (unpaired) electrons. The van der Waals surface area contributed by atoms with E-state index in [1.165, 1.54) is 0 Å². The third-order valence-electron chi connectivity index (χ3n) is 5.40. The molecule has 2 fully saturated rings. The van der Waals surface area contributed by atoms with Crippen LogP contribution in [0.5, 0.6) is 5.75 Å². The lowest BCUT2D eigenvalue weighted by Crippen LogP contribution is -2.62. The number of ether oxygens (including phenoxy) is 1. The third-order valence-corrected chi connectivity index (χ3v) is 5.74. The van der Waals surface area contributed by atoms with E-state index < -0.39 is 0 Å². The van der Waals surface area contributed by atoms with Crippen LogP contribution in [0.4, 0.5) is 5.69 Å². The van der Waals surface area contributed by atoms with E-state index in [0.29, 0.717) is 11.7 Å². The first-order valence-corrected chi connectivity index (χ1v) is 9.95. The summed E-state index contributed by atoms with van der Waals surface area (Å²) in [5, 5.41) is 4.03. The number of amides is 1. The van der Waals surface area contributed by atoms with Crippen molar-refractivity contribution < 1.29 is 9.53 Å². The lowest BCUT2D eigenvalue weighted by molar-refractivity contribution is -0.132. The van der Waals surface area contributed by atoms with Gasteiger partial charge in [-0.05, 0) is 51.5 Å². The minimum atomic E-state index is -0.0155. The molecule has 6 nitrogen and oxygen atoms in total. The fourth-order valence-corrected chi connectivity index (χ4v) is 4.48. The highest BCUT2D eigenvalue weighted by Gasteiger charge is 2.35. The number of nitrogens with one attached hydrogen (secondary N) is 1. The standard InChI is InChI=1S/C20H30N4O2S/c1-15-13-20(2,3)21-19(27)24(15)14-18(25)23-10-8-22(9-11-23)16-6-5-7-17(12-16)26-4/h5-7,12,15H,8-11,13-14H2,1-4H3,(H,21,27). The van der Waals surface area contributed by atoms with E-state index in [1.807, 2.05) is 28.0 Å². The summed E-state index contributed by atoms with van der Waals surface area (Å²) in [5.41, 5.74) is 1.12. The second-order valence-electron chi connectivity index (χ2n) is 8.06. The number of benzene rings is 1. The maximum atomic E-state index is 12.8. The number of hydrogen-bond donors (Lipinski definition) is 1. The van der Waals surface area contributed by atoms with E-state index in [0.717, 1.165) is 44.0 Å². The van der Waals surface area contributed by atoms with Crippen LogP contribution >= 0.6 is 12.2 Å². The van der Waals surface area contributed by atoms with Crippen molar-refractivity contribution in [1.29, 1.82) is 0 Å². The van der Waals surface area contributed by atoms with Gasteiger partial charge in [-0.2, -0.15) is 0 Å². The largest absolute Gasteiger partial charge is 0.497 e. The molecule has 1 atom stereocenters. The molecule has 2 heterocycles. The van der Waals surface area contributed by atoms with Gasteiger partial charge in [-0.15, -0.1) is 0 Å². The molecule has 1 aromatic carbocycles. The van der Waals surface area contributed by atoms with Crippen LogP contribution in [-0.2, 0) is 4.79 Å².